The molecule has 0 aliphatic heterocycles. The van der Waals surface area contributed by atoms with Gasteiger partial charge in [-0.15, -0.1) is 0 Å². The number of rotatable bonds is 6. The summed E-state index contributed by atoms with van der Waals surface area (Å²) in [6.07, 6.45) is 0. The van der Waals surface area contributed by atoms with Gasteiger partial charge in [-0.1, -0.05) is 121 Å². The first kappa shape index (κ1) is 20.0. The molecule has 0 amide bonds. The van der Waals surface area contributed by atoms with E-state index in [2.05, 4.69) is 47.8 Å². The van der Waals surface area contributed by atoms with Crippen molar-refractivity contribution in [2.24, 2.45) is 0 Å². The lowest BCUT2D eigenvalue weighted by molar-refractivity contribution is 0.839. The topological polar surface area (TPSA) is 0 Å². The monoisotopic (exact) mass is 554 g/mol. The van der Waals surface area contributed by atoms with Crippen LogP contribution in [0, 0.1) is 0 Å². The Bertz CT molecular complexity index is 782. The molecule has 0 atom stereocenters. The number of hydrogen-bond donors (Lipinski definition) is 0. The second-order valence-electron chi connectivity index (χ2n) is 6.03. The molecule has 0 nitrogen and oxygen atoms in total. The fourth-order valence-electron chi connectivity index (χ4n) is 3.35. The van der Waals surface area contributed by atoms with Gasteiger partial charge in [-0.05, 0) is 32.3 Å². The van der Waals surface area contributed by atoms with Crippen LogP contribution in [0.15, 0.2) is 72.8 Å². The Hall–Kier alpha value is -0.753. The minimum Gasteiger partial charge on any atom is -0.296 e. The van der Waals surface area contributed by atoms with Crippen LogP contribution in [-0.2, 0) is 16.0 Å². The number of benzene rings is 3. The second kappa shape index (κ2) is 8.96. The second-order valence-corrected chi connectivity index (χ2v) is 10.6. The molecular formula is C21H18Br3FSi. The van der Waals surface area contributed by atoms with E-state index in [9.17, 15) is 0 Å². The summed E-state index contributed by atoms with van der Waals surface area (Å²) < 4.78 is 17.4. The van der Waals surface area contributed by atoms with Gasteiger partial charge < -0.3 is 0 Å². The molecule has 0 aromatic heterocycles. The van der Waals surface area contributed by atoms with Gasteiger partial charge in [0.15, 0.2) is 0 Å². The van der Waals surface area contributed by atoms with E-state index in [0.29, 0.717) is 16.0 Å². The zero-order valence-electron chi connectivity index (χ0n) is 14.1. The fraction of sp³-hybridized carbons (Fsp3) is 0.143. The molecule has 0 N–H and O–H groups in total. The summed E-state index contributed by atoms with van der Waals surface area (Å²) >= 11 is 10.7. The third-order valence-corrected chi connectivity index (χ3v) is 10.1. The van der Waals surface area contributed by atoms with E-state index in [1.54, 1.807) is 0 Å². The average Bonchev–Trinajstić information content (AvgIpc) is 2.73. The summed E-state index contributed by atoms with van der Waals surface area (Å²) in [5.41, 5.74) is 3.03. The molecule has 3 aromatic rings. The lowest BCUT2D eigenvalue weighted by Crippen LogP contribution is -2.66. The average molecular weight is 557 g/mol. The molecule has 0 heterocycles. The molecule has 26 heavy (non-hydrogen) atoms. The molecule has 0 unspecified atom stereocenters. The summed E-state index contributed by atoms with van der Waals surface area (Å²) in [7, 11) is -3.66. The maximum absolute atomic E-state index is 17.4. The quantitative estimate of drug-likeness (QED) is 0.167. The summed E-state index contributed by atoms with van der Waals surface area (Å²) in [4.78, 5) is 0. The van der Waals surface area contributed by atoms with Crippen molar-refractivity contribution >= 4 is 71.8 Å². The van der Waals surface area contributed by atoms with Crippen molar-refractivity contribution in [2.75, 3.05) is 0 Å². The van der Waals surface area contributed by atoms with Gasteiger partial charge in [0, 0.05) is 16.0 Å². The van der Waals surface area contributed by atoms with Gasteiger partial charge in [0.25, 0.3) is 0 Å². The van der Waals surface area contributed by atoms with Crippen LogP contribution >= 0.6 is 47.8 Å². The molecule has 0 saturated heterocycles. The SMILES string of the molecule is F[Si](c1ccccc1CBr)(c1ccccc1CBr)c1ccccc1CBr. The van der Waals surface area contributed by atoms with Gasteiger partial charge in [0.05, 0.1) is 0 Å². The van der Waals surface area contributed by atoms with Crippen molar-refractivity contribution in [1.82, 2.24) is 0 Å². The van der Waals surface area contributed by atoms with Crippen molar-refractivity contribution in [3.63, 3.8) is 0 Å². The highest BCUT2D eigenvalue weighted by Gasteiger charge is 2.45. The van der Waals surface area contributed by atoms with E-state index in [-0.39, 0.29) is 0 Å². The maximum Gasteiger partial charge on any atom is 0.340 e. The van der Waals surface area contributed by atoms with Crippen LogP contribution in [0.2, 0.25) is 0 Å². The highest BCUT2D eigenvalue weighted by Crippen LogP contribution is 2.19. The molecule has 0 bridgehead atoms. The van der Waals surface area contributed by atoms with Crippen LogP contribution < -0.4 is 15.6 Å². The minimum atomic E-state index is -3.66. The molecule has 0 saturated carbocycles. The Kier molecular flexibility index (Phi) is 6.89. The van der Waals surface area contributed by atoms with Crippen LogP contribution in [-0.4, -0.2) is 8.41 Å². The van der Waals surface area contributed by atoms with Crippen LogP contribution in [0.25, 0.3) is 0 Å². The third-order valence-electron chi connectivity index (χ3n) is 4.60. The summed E-state index contributed by atoms with van der Waals surface area (Å²) in [6.45, 7) is 0. The Morgan fingerprint density at radius 1 is 0.538 bits per heavy atom. The largest absolute Gasteiger partial charge is 0.340 e. The van der Waals surface area contributed by atoms with Crippen molar-refractivity contribution in [1.29, 1.82) is 0 Å². The van der Waals surface area contributed by atoms with Crippen molar-refractivity contribution in [3.05, 3.63) is 89.5 Å². The third kappa shape index (κ3) is 3.64. The zero-order valence-corrected chi connectivity index (χ0v) is 19.8. The zero-order chi connectivity index (χ0) is 18.6. The summed E-state index contributed by atoms with van der Waals surface area (Å²) in [6, 6.07) is 23.7. The molecule has 5 heteroatoms. The van der Waals surface area contributed by atoms with E-state index in [0.717, 1.165) is 32.3 Å². The molecule has 0 aliphatic carbocycles. The molecule has 3 rings (SSSR count). The van der Waals surface area contributed by atoms with E-state index < -0.39 is 8.41 Å². The number of hydrogen-bond acceptors (Lipinski definition) is 0. The van der Waals surface area contributed by atoms with Gasteiger partial charge >= 0.3 is 8.41 Å². The van der Waals surface area contributed by atoms with Gasteiger partial charge in [0.2, 0.25) is 0 Å². The molecule has 0 fully saturated rings. The van der Waals surface area contributed by atoms with Crippen molar-refractivity contribution < 1.29 is 4.11 Å². The van der Waals surface area contributed by atoms with E-state index in [1.807, 2.05) is 72.8 Å². The Labute approximate surface area is 180 Å². The number of alkyl halides is 3. The van der Waals surface area contributed by atoms with Crippen molar-refractivity contribution in [2.45, 2.75) is 16.0 Å². The Morgan fingerprint density at radius 3 is 1.08 bits per heavy atom. The minimum absolute atomic E-state index is 0.634. The normalized spacial score (nSPS) is 11.5. The lowest BCUT2D eigenvalue weighted by atomic mass is 10.2. The molecule has 0 aliphatic rings. The van der Waals surface area contributed by atoms with Crippen LogP contribution in [0.4, 0.5) is 4.11 Å². The van der Waals surface area contributed by atoms with Gasteiger partial charge in [-0.2, -0.15) is 0 Å². The molecule has 0 spiro atoms. The number of halogens is 4. The van der Waals surface area contributed by atoms with E-state index >= 15 is 4.11 Å². The maximum atomic E-state index is 17.4. The van der Waals surface area contributed by atoms with Crippen LogP contribution in [0.1, 0.15) is 16.7 Å². The van der Waals surface area contributed by atoms with Gasteiger partial charge in [-0.3, -0.25) is 4.11 Å². The van der Waals surface area contributed by atoms with Crippen LogP contribution in [0.5, 0.6) is 0 Å². The first-order valence-corrected chi connectivity index (χ1v) is 13.5. The highest BCUT2D eigenvalue weighted by molar-refractivity contribution is 9.09. The van der Waals surface area contributed by atoms with Gasteiger partial charge in [-0.25, -0.2) is 0 Å². The molecule has 134 valence electrons. The predicted molar refractivity (Wildman–Crippen MR) is 123 cm³/mol. The molecule has 3 aromatic carbocycles. The van der Waals surface area contributed by atoms with E-state index in [1.165, 1.54) is 0 Å². The fourth-order valence-corrected chi connectivity index (χ4v) is 9.29. The molecule has 0 radical (unpaired) electrons. The van der Waals surface area contributed by atoms with Gasteiger partial charge in [0.1, 0.15) is 0 Å². The van der Waals surface area contributed by atoms with Crippen molar-refractivity contribution in [3.8, 4) is 0 Å². The van der Waals surface area contributed by atoms with E-state index in [4.69, 9.17) is 0 Å². The smallest absolute Gasteiger partial charge is 0.296 e. The first-order valence-electron chi connectivity index (χ1n) is 8.28. The molecular weight excluding hydrogens is 539 g/mol. The van der Waals surface area contributed by atoms with Crippen LogP contribution in [0.3, 0.4) is 0 Å². The summed E-state index contributed by atoms with van der Waals surface area (Å²) in [5.74, 6) is 0. The first-order chi connectivity index (χ1) is 12.7. The Balaban J connectivity index is 2.40. The lowest BCUT2D eigenvalue weighted by Gasteiger charge is -2.29. The Morgan fingerprint density at radius 2 is 0.808 bits per heavy atom. The standard InChI is InChI=1S/C21H18Br3FSi/c22-13-16-7-1-4-10-19(16)26(25,20-11-5-2-8-17(20)14-23)21-12-6-3-9-18(21)15-24/h1-12H,13-15H2. The predicted octanol–water partition coefficient (Wildman–Crippen LogP) is 5.31. The summed E-state index contributed by atoms with van der Waals surface area (Å²) in [5, 5.41) is 4.36. The highest BCUT2D eigenvalue weighted by atomic mass is 79.9.